The lowest BCUT2D eigenvalue weighted by Gasteiger charge is -2.32. The molecule has 2 aromatic heterocycles. The zero-order valence-electron chi connectivity index (χ0n) is 14.8. The molecule has 1 fully saturated rings. The Balaban J connectivity index is 1.46. The summed E-state index contributed by atoms with van der Waals surface area (Å²) in [6.45, 7) is 6.64. The Morgan fingerprint density at radius 1 is 1.19 bits per heavy atom. The fourth-order valence-electron chi connectivity index (χ4n) is 3.39. The van der Waals surface area contributed by atoms with Gasteiger partial charge in [-0.3, -0.25) is 4.79 Å². The number of rotatable bonds is 4. The van der Waals surface area contributed by atoms with Gasteiger partial charge in [-0.1, -0.05) is 30.3 Å². The number of amides is 1. The number of carbonyl (C=O) groups is 1. The van der Waals surface area contributed by atoms with Gasteiger partial charge in [0, 0.05) is 11.1 Å². The Hall–Kier alpha value is -2.02. The number of quaternary nitrogens is 1. The van der Waals surface area contributed by atoms with Gasteiger partial charge in [0.25, 0.3) is 5.91 Å². The summed E-state index contributed by atoms with van der Waals surface area (Å²) in [4.78, 5) is 22.1. The maximum absolute atomic E-state index is 13.1. The molecular formula is C20H22N3OS2+. The van der Waals surface area contributed by atoms with E-state index in [1.54, 1.807) is 16.2 Å². The monoisotopic (exact) mass is 384 g/mol. The summed E-state index contributed by atoms with van der Waals surface area (Å²) in [6.07, 6.45) is 0. The minimum absolute atomic E-state index is 0.129. The maximum atomic E-state index is 13.1. The van der Waals surface area contributed by atoms with Crippen LogP contribution in [-0.2, 0) is 6.54 Å². The van der Waals surface area contributed by atoms with Crippen molar-refractivity contribution in [3.05, 3.63) is 62.6 Å². The van der Waals surface area contributed by atoms with Crippen LogP contribution in [0.1, 0.15) is 20.2 Å². The van der Waals surface area contributed by atoms with E-state index in [0.29, 0.717) is 0 Å². The lowest BCUT2D eigenvalue weighted by atomic mass is 10.1. The number of hydrogen-bond acceptors (Lipinski definition) is 4. The molecule has 0 bridgehead atoms. The Labute approximate surface area is 161 Å². The molecule has 3 aromatic rings. The van der Waals surface area contributed by atoms with Crippen LogP contribution in [0.15, 0.2) is 47.2 Å². The van der Waals surface area contributed by atoms with Crippen LogP contribution < -0.4 is 4.90 Å². The average Bonchev–Trinajstić information content (AvgIpc) is 3.32. The molecule has 0 radical (unpaired) electrons. The Morgan fingerprint density at radius 3 is 2.65 bits per heavy atom. The Bertz CT molecular complexity index is 866. The summed E-state index contributed by atoms with van der Waals surface area (Å²) in [5.41, 5.74) is 3.24. The Kier molecular flexibility index (Phi) is 5.15. The standard InChI is InChI=1S/C20H21N3OS2/c1-15-21-18(17-5-3-2-4-6-17)19(26-15)20(24)23-10-8-22(9-11-23)13-16-7-12-25-14-16/h2-7,12,14H,8-11,13H2,1H3/p+1. The molecule has 4 rings (SSSR count). The van der Waals surface area contributed by atoms with E-state index < -0.39 is 0 Å². The summed E-state index contributed by atoms with van der Waals surface area (Å²) in [5.74, 6) is 0.129. The molecule has 0 unspecified atom stereocenters. The van der Waals surface area contributed by atoms with Crippen molar-refractivity contribution in [2.24, 2.45) is 0 Å². The molecule has 134 valence electrons. The SMILES string of the molecule is Cc1nc(-c2ccccc2)c(C(=O)N2CC[NH+](Cc3ccsc3)CC2)s1. The number of aromatic nitrogens is 1. The maximum Gasteiger partial charge on any atom is 0.266 e. The number of benzene rings is 1. The highest BCUT2D eigenvalue weighted by Gasteiger charge is 2.28. The van der Waals surface area contributed by atoms with Crippen molar-refractivity contribution >= 4 is 28.6 Å². The molecule has 1 aromatic carbocycles. The number of hydrogen-bond donors (Lipinski definition) is 1. The number of nitrogens with zero attached hydrogens (tertiary/aromatic N) is 2. The van der Waals surface area contributed by atoms with Crippen molar-refractivity contribution in [3.63, 3.8) is 0 Å². The van der Waals surface area contributed by atoms with Crippen LogP contribution in [-0.4, -0.2) is 42.0 Å². The highest BCUT2D eigenvalue weighted by Crippen LogP contribution is 2.29. The highest BCUT2D eigenvalue weighted by atomic mass is 32.1. The van der Waals surface area contributed by atoms with Crippen molar-refractivity contribution in [1.29, 1.82) is 0 Å². The molecule has 1 N–H and O–H groups in total. The first kappa shape index (κ1) is 17.4. The molecule has 0 saturated carbocycles. The van der Waals surface area contributed by atoms with Gasteiger partial charge in [0.15, 0.2) is 0 Å². The van der Waals surface area contributed by atoms with Crippen LogP contribution in [0.3, 0.4) is 0 Å². The van der Waals surface area contributed by atoms with E-state index in [-0.39, 0.29) is 5.91 Å². The Morgan fingerprint density at radius 2 is 1.96 bits per heavy atom. The predicted octanol–water partition coefficient (Wildman–Crippen LogP) is 2.72. The second-order valence-electron chi connectivity index (χ2n) is 6.63. The third-order valence-electron chi connectivity index (χ3n) is 4.77. The normalized spacial score (nSPS) is 15.3. The van der Waals surface area contributed by atoms with Crippen molar-refractivity contribution < 1.29 is 9.69 Å². The molecule has 0 atom stereocenters. The van der Waals surface area contributed by atoms with Gasteiger partial charge in [-0.25, -0.2) is 4.98 Å². The van der Waals surface area contributed by atoms with E-state index in [4.69, 9.17) is 0 Å². The zero-order chi connectivity index (χ0) is 17.9. The first-order chi connectivity index (χ1) is 12.7. The van der Waals surface area contributed by atoms with Crippen molar-refractivity contribution in [1.82, 2.24) is 9.88 Å². The van der Waals surface area contributed by atoms with E-state index in [9.17, 15) is 4.79 Å². The average molecular weight is 385 g/mol. The molecule has 26 heavy (non-hydrogen) atoms. The van der Waals surface area contributed by atoms with E-state index in [2.05, 4.69) is 21.8 Å². The largest absolute Gasteiger partial charge is 0.328 e. The molecule has 0 aliphatic carbocycles. The third kappa shape index (κ3) is 3.72. The van der Waals surface area contributed by atoms with Gasteiger partial charge < -0.3 is 9.80 Å². The zero-order valence-corrected chi connectivity index (χ0v) is 16.4. The number of aryl methyl sites for hydroxylation is 1. The fourth-order valence-corrected chi connectivity index (χ4v) is 4.97. The van der Waals surface area contributed by atoms with Gasteiger partial charge in [0.2, 0.25) is 0 Å². The number of thiophene rings is 1. The van der Waals surface area contributed by atoms with Crippen molar-refractivity contribution in [2.45, 2.75) is 13.5 Å². The minimum Gasteiger partial charge on any atom is -0.328 e. The van der Waals surface area contributed by atoms with E-state index in [0.717, 1.165) is 53.9 Å². The smallest absolute Gasteiger partial charge is 0.266 e. The van der Waals surface area contributed by atoms with E-state index >= 15 is 0 Å². The molecule has 6 heteroatoms. The lowest BCUT2D eigenvalue weighted by molar-refractivity contribution is -0.917. The van der Waals surface area contributed by atoms with E-state index in [1.165, 1.54) is 16.9 Å². The minimum atomic E-state index is 0.129. The van der Waals surface area contributed by atoms with Gasteiger partial charge in [0.05, 0.1) is 36.9 Å². The van der Waals surface area contributed by atoms with Crippen LogP contribution in [0.25, 0.3) is 11.3 Å². The first-order valence-electron chi connectivity index (χ1n) is 8.87. The first-order valence-corrected chi connectivity index (χ1v) is 10.6. The quantitative estimate of drug-likeness (QED) is 0.751. The molecule has 1 saturated heterocycles. The van der Waals surface area contributed by atoms with Gasteiger partial charge >= 0.3 is 0 Å². The molecular weight excluding hydrogens is 362 g/mol. The number of piperazine rings is 1. The van der Waals surface area contributed by atoms with Crippen LogP contribution in [0.2, 0.25) is 0 Å². The molecule has 1 aliphatic rings. The van der Waals surface area contributed by atoms with Crippen LogP contribution in [0.5, 0.6) is 0 Å². The third-order valence-corrected chi connectivity index (χ3v) is 6.46. The van der Waals surface area contributed by atoms with Crippen molar-refractivity contribution in [2.75, 3.05) is 26.2 Å². The summed E-state index contributed by atoms with van der Waals surface area (Å²) < 4.78 is 0. The summed E-state index contributed by atoms with van der Waals surface area (Å²) in [5, 5.41) is 5.29. The second-order valence-corrected chi connectivity index (χ2v) is 8.61. The fraction of sp³-hybridized carbons (Fsp3) is 0.300. The van der Waals surface area contributed by atoms with Crippen LogP contribution in [0.4, 0.5) is 0 Å². The van der Waals surface area contributed by atoms with E-state index in [1.807, 2.05) is 42.2 Å². The van der Waals surface area contributed by atoms with Crippen LogP contribution in [0, 0.1) is 6.92 Å². The van der Waals surface area contributed by atoms with Gasteiger partial charge in [-0.2, -0.15) is 11.3 Å². The summed E-state index contributed by atoms with van der Waals surface area (Å²) in [6, 6.07) is 12.2. The predicted molar refractivity (Wildman–Crippen MR) is 107 cm³/mol. The van der Waals surface area contributed by atoms with Gasteiger partial charge in [0.1, 0.15) is 11.4 Å². The summed E-state index contributed by atoms with van der Waals surface area (Å²) >= 11 is 3.26. The van der Waals surface area contributed by atoms with Crippen molar-refractivity contribution in [3.8, 4) is 11.3 Å². The molecule has 1 aliphatic heterocycles. The molecule has 4 nitrogen and oxygen atoms in total. The van der Waals surface area contributed by atoms with Crippen LogP contribution >= 0.6 is 22.7 Å². The summed E-state index contributed by atoms with van der Waals surface area (Å²) in [7, 11) is 0. The second kappa shape index (κ2) is 7.70. The molecule has 0 spiro atoms. The highest BCUT2D eigenvalue weighted by molar-refractivity contribution is 7.14. The van der Waals surface area contributed by atoms with Gasteiger partial charge in [-0.05, 0) is 23.8 Å². The molecule has 3 heterocycles. The lowest BCUT2D eigenvalue weighted by Crippen LogP contribution is -3.13. The van der Waals surface area contributed by atoms with Gasteiger partial charge in [-0.15, -0.1) is 11.3 Å². The topological polar surface area (TPSA) is 37.6 Å². The molecule has 1 amide bonds. The number of thiazole rings is 1. The number of carbonyl (C=O) groups excluding carboxylic acids is 1. The number of nitrogens with one attached hydrogen (secondary N) is 1.